The van der Waals surface area contributed by atoms with Gasteiger partial charge in [0.25, 0.3) is 0 Å². The zero-order valence-corrected chi connectivity index (χ0v) is 5.79. The molecular weight excluding hydrogens is 126 g/mol. The van der Waals surface area contributed by atoms with Crippen LogP contribution in [-0.4, -0.2) is 6.29 Å². The van der Waals surface area contributed by atoms with Crippen molar-refractivity contribution < 1.29 is 4.79 Å². The summed E-state index contributed by atoms with van der Waals surface area (Å²) >= 11 is 0. The van der Waals surface area contributed by atoms with Crippen LogP contribution in [0, 0.1) is 6.92 Å². The summed E-state index contributed by atoms with van der Waals surface area (Å²) in [5, 5.41) is 0. The van der Waals surface area contributed by atoms with Gasteiger partial charge in [-0.3, -0.25) is 4.79 Å². The van der Waals surface area contributed by atoms with Crippen LogP contribution in [0.2, 0.25) is 0 Å². The van der Waals surface area contributed by atoms with Crippen molar-refractivity contribution in [2.45, 2.75) is 6.92 Å². The van der Waals surface area contributed by atoms with Gasteiger partial charge in [-0.1, -0.05) is 6.07 Å². The van der Waals surface area contributed by atoms with Crippen LogP contribution in [0.1, 0.15) is 15.9 Å². The third-order valence-electron chi connectivity index (χ3n) is 1.43. The predicted molar refractivity (Wildman–Crippen MR) is 41.0 cm³/mol. The molecule has 0 radical (unpaired) electrons. The Hall–Kier alpha value is -1.31. The first-order valence-corrected chi connectivity index (χ1v) is 3.05. The monoisotopic (exact) mass is 135 g/mol. The normalized spacial score (nSPS) is 9.30. The minimum atomic E-state index is 0.632. The van der Waals surface area contributed by atoms with E-state index < -0.39 is 0 Å². The van der Waals surface area contributed by atoms with Gasteiger partial charge >= 0.3 is 0 Å². The summed E-state index contributed by atoms with van der Waals surface area (Å²) < 4.78 is 0. The number of rotatable bonds is 1. The van der Waals surface area contributed by atoms with Crippen LogP contribution < -0.4 is 5.73 Å². The van der Waals surface area contributed by atoms with Gasteiger partial charge in [-0.05, 0) is 24.6 Å². The number of anilines is 1. The average molecular weight is 135 g/mol. The molecular formula is C8H9NO. The lowest BCUT2D eigenvalue weighted by Gasteiger charge is -1.97. The Morgan fingerprint density at radius 3 is 2.70 bits per heavy atom. The topological polar surface area (TPSA) is 43.1 Å². The second kappa shape index (κ2) is 2.52. The van der Waals surface area contributed by atoms with Crippen molar-refractivity contribution in [3.63, 3.8) is 0 Å². The van der Waals surface area contributed by atoms with Crippen molar-refractivity contribution >= 4 is 12.0 Å². The molecule has 0 aliphatic heterocycles. The predicted octanol–water partition coefficient (Wildman–Crippen LogP) is 1.39. The van der Waals surface area contributed by atoms with Crippen LogP contribution in [0.4, 0.5) is 5.69 Å². The van der Waals surface area contributed by atoms with E-state index in [1.165, 1.54) is 0 Å². The van der Waals surface area contributed by atoms with Crippen LogP contribution in [0.25, 0.3) is 0 Å². The van der Waals surface area contributed by atoms with Crippen LogP contribution >= 0.6 is 0 Å². The van der Waals surface area contributed by atoms with Gasteiger partial charge < -0.3 is 5.73 Å². The molecule has 1 aromatic rings. The number of aryl methyl sites for hydroxylation is 1. The lowest BCUT2D eigenvalue weighted by molar-refractivity contribution is 0.112. The van der Waals surface area contributed by atoms with Gasteiger partial charge in [-0.25, -0.2) is 0 Å². The van der Waals surface area contributed by atoms with Crippen LogP contribution in [0.3, 0.4) is 0 Å². The van der Waals surface area contributed by atoms with E-state index in [2.05, 4.69) is 0 Å². The number of aldehydes is 1. The molecule has 1 aromatic carbocycles. The molecule has 0 bridgehead atoms. The lowest BCUT2D eigenvalue weighted by atomic mass is 10.1. The van der Waals surface area contributed by atoms with Crippen molar-refractivity contribution in [1.29, 1.82) is 0 Å². The fourth-order valence-electron chi connectivity index (χ4n) is 0.786. The Morgan fingerprint density at radius 1 is 1.50 bits per heavy atom. The molecule has 2 nitrogen and oxygen atoms in total. The first-order chi connectivity index (χ1) is 4.74. The maximum absolute atomic E-state index is 10.3. The molecule has 0 spiro atoms. The fraction of sp³-hybridized carbons (Fsp3) is 0.125. The van der Waals surface area contributed by atoms with Crippen molar-refractivity contribution in [1.82, 2.24) is 0 Å². The van der Waals surface area contributed by atoms with E-state index in [1.807, 2.05) is 13.0 Å². The van der Waals surface area contributed by atoms with E-state index in [9.17, 15) is 4.79 Å². The van der Waals surface area contributed by atoms with E-state index >= 15 is 0 Å². The number of hydrogen-bond acceptors (Lipinski definition) is 2. The SMILES string of the molecule is Cc1ccc(N)cc1C=O. The second-order valence-corrected chi connectivity index (χ2v) is 2.23. The lowest BCUT2D eigenvalue weighted by Crippen LogP contribution is -1.90. The maximum atomic E-state index is 10.3. The van der Waals surface area contributed by atoms with Crippen LogP contribution in [0.15, 0.2) is 18.2 Å². The zero-order chi connectivity index (χ0) is 7.56. The van der Waals surface area contributed by atoms with E-state index in [0.29, 0.717) is 11.3 Å². The molecule has 0 amide bonds. The Kier molecular flexibility index (Phi) is 1.71. The molecule has 0 saturated heterocycles. The summed E-state index contributed by atoms with van der Waals surface area (Å²) in [5.41, 5.74) is 7.71. The highest BCUT2D eigenvalue weighted by Crippen LogP contribution is 2.09. The Labute approximate surface area is 59.7 Å². The van der Waals surface area contributed by atoms with E-state index in [0.717, 1.165) is 11.8 Å². The summed E-state index contributed by atoms with van der Waals surface area (Å²) in [6.07, 6.45) is 0.811. The van der Waals surface area contributed by atoms with Crippen molar-refractivity contribution in [2.24, 2.45) is 0 Å². The molecule has 0 aliphatic carbocycles. The highest BCUT2D eigenvalue weighted by atomic mass is 16.1. The number of benzene rings is 1. The molecule has 0 atom stereocenters. The molecule has 0 aromatic heterocycles. The van der Waals surface area contributed by atoms with Crippen molar-refractivity contribution in [3.8, 4) is 0 Å². The van der Waals surface area contributed by atoms with Gasteiger partial charge in [-0.15, -0.1) is 0 Å². The first-order valence-electron chi connectivity index (χ1n) is 3.05. The molecule has 0 fully saturated rings. The third-order valence-corrected chi connectivity index (χ3v) is 1.43. The second-order valence-electron chi connectivity index (χ2n) is 2.23. The maximum Gasteiger partial charge on any atom is 0.150 e. The standard InChI is InChI=1S/C8H9NO/c1-6-2-3-8(9)4-7(6)5-10/h2-5H,9H2,1H3. The summed E-state index contributed by atoms with van der Waals surface area (Å²) in [6.45, 7) is 1.88. The molecule has 52 valence electrons. The number of nitrogen functional groups attached to an aromatic ring is 1. The summed E-state index contributed by atoms with van der Waals surface area (Å²) in [5.74, 6) is 0. The van der Waals surface area contributed by atoms with Crippen molar-refractivity contribution in [3.05, 3.63) is 29.3 Å². The molecule has 0 saturated carbocycles. The quantitative estimate of drug-likeness (QED) is 0.467. The minimum Gasteiger partial charge on any atom is -0.399 e. The number of nitrogens with two attached hydrogens (primary N) is 1. The first kappa shape index (κ1) is 6.81. The van der Waals surface area contributed by atoms with E-state index in [1.54, 1.807) is 12.1 Å². The Balaban J connectivity index is 3.21. The van der Waals surface area contributed by atoms with Crippen molar-refractivity contribution in [2.75, 3.05) is 5.73 Å². The molecule has 0 unspecified atom stereocenters. The van der Waals surface area contributed by atoms with Gasteiger partial charge in [0.05, 0.1) is 0 Å². The number of carbonyl (C=O) groups is 1. The highest BCUT2D eigenvalue weighted by molar-refractivity contribution is 5.78. The minimum absolute atomic E-state index is 0.632. The van der Waals surface area contributed by atoms with E-state index in [-0.39, 0.29) is 0 Å². The fourth-order valence-corrected chi connectivity index (χ4v) is 0.786. The van der Waals surface area contributed by atoms with Crippen LogP contribution in [-0.2, 0) is 0 Å². The Bertz CT molecular complexity index is 255. The molecule has 0 heterocycles. The zero-order valence-electron chi connectivity index (χ0n) is 5.79. The highest BCUT2D eigenvalue weighted by Gasteiger charge is 1.94. The summed E-state index contributed by atoms with van der Waals surface area (Å²) in [7, 11) is 0. The van der Waals surface area contributed by atoms with Crippen LogP contribution in [0.5, 0.6) is 0 Å². The molecule has 10 heavy (non-hydrogen) atoms. The van der Waals surface area contributed by atoms with Gasteiger partial charge in [0.2, 0.25) is 0 Å². The molecule has 1 rings (SSSR count). The van der Waals surface area contributed by atoms with Gasteiger partial charge in [0.15, 0.2) is 0 Å². The molecule has 0 aliphatic rings. The third kappa shape index (κ3) is 1.16. The van der Waals surface area contributed by atoms with Gasteiger partial charge in [0.1, 0.15) is 6.29 Å². The number of carbonyl (C=O) groups excluding carboxylic acids is 1. The molecule has 2 N–H and O–H groups in total. The largest absolute Gasteiger partial charge is 0.399 e. The van der Waals surface area contributed by atoms with Gasteiger partial charge in [0, 0.05) is 11.3 Å². The van der Waals surface area contributed by atoms with E-state index in [4.69, 9.17) is 5.73 Å². The Morgan fingerprint density at radius 2 is 2.20 bits per heavy atom. The van der Waals surface area contributed by atoms with Gasteiger partial charge in [-0.2, -0.15) is 0 Å². The smallest absolute Gasteiger partial charge is 0.150 e. The average Bonchev–Trinajstić information content (AvgIpc) is 1.94. The number of hydrogen-bond donors (Lipinski definition) is 1. The summed E-state index contributed by atoms with van der Waals surface area (Å²) in [6, 6.07) is 5.28. The molecule has 2 heteroatoms. The summed E-state index contributed by atoms with van der Waals surface area (Å²) in [4.78, 5) is 10.3.